The van der Waals surface area contributed by atoms with Crippen molar-refractivity contribution in [3.8, 4) is 11.4 Å². The molecule has 1 aromatic heterocycles. The second kappa shape index (κ2) is 7.94. The van der Waals surface area contributed by atoms with Crippen molar-refractivity contribution in [2.75, 3.05) is 6.61 Å². The molecule has 4 N–H and O–H groups in total. The number of fused-ring (bicyclic) bond motifs is 1. The van der Waals surface area contributed by atoms with Crippen LogP contribution in [0.25, 0.3) is 16.6 Å². The minimum absolute atomic E-state index is 0.336. The van der Waals surface area contributed by atoms with Crippen molar-refractivity contribution in [3.63, 3.8) is 0 Å². The van der Waals surface area contributed by atoms with E-state index in [1.807, 2.05) is 24.3 Å². The lowest BCUT2D eigenvalue weighted by Crippen LogP contribution is -2.60. The van der Waals surface area contributed by atoms with Crippen LogP contribution in [0.4, 0.5) is 0 Å². The number of carbonyl (C=O) groups is 1. The molecular formula is C21H21NO7. The molecule has 0 saturated carbocycles. The maximum Gasteiger partial charge on any atom is 0.195 e. The zero-order valence-electron chi connectivity index (χ0n) is 15.3. The van der Waals surface area contributed by atoms with E-state index >= 15 is 0 Å². The molecule has 152 valence electrons. The van der Waals surface area contributed by atoms with Crippen LogP contribution in [0.5, 0.6) is 5.75 Å². The van der Waals surface area contributed by atoms with Gasteiger partial charge in [-0.3, -0.25) is 4.79 Å². The van der Waals surface area contributed by atoms with Gasteiger partial charge in [0.1, 0.15) is 24.1 Å². The summed E-state index contributed by atoms with van der Waals surface area (Å²) in [6.45, 7) is -0.552. The number of ether oxygens (including phenoxy) is 2. The number of rotatable bonds is 5. The summed E-state index contributed by atoms with van der Waals surface area (Å²) in [6.07, 6.45) is -4.41. The van der Waals surface area contributed by atoms with E-state index in [9.17, 15) is 25.2 Å². The summed E-state index contributed by atoms with van der Waals surface area (Å²) >= 11 is 0. The Kier molecular flexibility index (Phi) is 5.35. The first-order valence-corrected chi connectivity index (χ1v) is 9.17. The van der Waals surface area contributed by atoms with Crippen LogP contribution in [-0.4, -0.2) is 68.6 Å². The van der Waals surface area contributed by atoms with E-state index in [0.717, 1.165) is 11.8 Å². The number of aliphatic hydroxyl groups excluding tert-OH is 4. The zero-order valence-corrected chi connectivity index (χ0v) is 15.3. The first kappa shape index (κ1) is 19.6. The minimum atomic E-state index is -1.55. The van der Waals surface area contributed by atoms with Gasteiger partial charge in [-0.25, -0.2) is 0 Å². The lowest BCUT2D eigenvalue weighted by molar-refractivity contribution is -0.280. The molecule has 0 amide bonds. The smallest absolute Gasteiger partial charge is 0.195 e. The van der Waals surface area contributed by atoms with E-state index in [-0.39, 0.29) is 0 Å². The number of hydrogen-bond donors (Lipinski definition) is 4. The van der Waals surface area contributed by atoms with E-state index in [0.29, 0.717) is 22.4 Å². The van der Waals surface area contributed by atoms with Crippen LogP contribution in [0.3, 0.4) is 0 Å². The molecule has 3 aromatic rings. The van der Waals surface area contributed by atoms with Crippen LogP contribution in [0.1, 0.15) is 10.4 Å². The fourth-order valence-corrected chi connectivity index (χ4v) is 3.59. The van der Waals surface area contributed by atoms with E-state index in [2.05, 4.69) is 0 Å². The number of para-hydroxylation sites is 2. The molecule has 0 radical (unpaired) electrons. The highest BCUT2D eigenvalue weighted by atomic mass is 16.7. The summed E-state index contributed by atoms with van der Waals surface area (Å²) in [7, 11) is 0. The Morgan fingerprint density at radius 2 is 1.76 bits per heavy atom. The Labute approximate surface area is 166 Å². The predicted molar refractivity (Wildman–Crippen MR) is 103 cm³/mol. The largest absolute Gasteiger partial charge is 0.480 e. The van der Waals surface area contributed by atoms with Gasteiger partial charge in [0, 0.05) is 10.9 Å². The molecule has 0 spiro atoms. The minimum Gasteiger partial charge on any atom is -0.480 e. The summed E-state index contributed by atoms with van der Waals surface area (Å²) < 4.78 is 12.8. The zero-order chi connectivity index (χ0) is 20.5. The fourth-order valence-electron chi connectivity index (χ4n) is 3.59. The third kappa shape index (κ3) is 3.41. The van der Waals surface area contributed by atoms with Crippen LogP contribution in [-0.2, 0) is 4.74 Å². The lowest BCUT2D eigenvalue weighted by Gasteiger charge is -2.39. The standard InChI is InChI=1S/C21H21NO7/c23-10-12-5-1-3-7-14(12)22-9-16(13-6-2-4-8-15(13)22)28-20-19(26)18(25)17(11-24)29-21(20)27/h1-10,17-21,24-27H,11H2/t17-,18+,19+,20-,21-/m1/s1. The molecule has 1 fully saturated rings. The van der Waals surface area contributed by atoms with E-state index in [1.165, 1.54) is 0 Å². The maximum atomic E-state index is 11.5. The second-order valence-electron chi connectivity index (χ2n) is 6.87. The van der Waals surface area contributed by atoms with Gasteiger partial charge >= 0.3 is 0 Å². The van der Waals surface area contributed by atoms with Crippen LogP contribution >= 0.6 is 0 Å². The van der Waals surface area contributed by atoms with Gasteiger partial charge in [-0.2, -0.15) is 0 Å². The van der Waals surface area contributed by atoms with Gasteiger partial charge in [0.25, 0.3) is 0 Å². The molecule has 1 saturated heterocycles. The van der Waals surface area contributed by atoms with E-state index in [1.54, 1.807) is 35.0 Å². The average molecular weight is 399 g/mol. The average Bonchev–Trinajstić information content (AvgIpc) is 3.12. The van der Waals surface area contributed by atoms with Gasteiger partial charge in [-0.15, -0.1) is 0 Å². The van der Waals surface area contributed by atoms with Gasteiger partial charge < -0.3 is 34.5 Å². The molecule has 0 bridgehead atoms. The van der Waals surface area contributed by atoms with E-state index < -0.39 is 37.3 Å². The SMILES string of the molecule is O=Cc1ccccc1-n1cc(O[C@@H]2[C@@H](O)[C@@H](O)[C@@H](CO)O[C@H]2O)c2ccccc21. The molecule has 2 heterocycles. The fraction of sp³-hybridized carbons (Fsp3) is 0.286. The highest BCUT2D eigenvalue weighted by Gasteiger charge is 2.45. The van der Waals surface area contributed by atoms with Crippen LogP contribution in [0.15, 0.2) is 54.7 Å². The summed E-state index contributed by atoms with van der Waals surface area (Å²) in [5.41, 5.74) is 1.89. The van der Waals surface area contributed by atoms with Crippen LogP contribution < -0.4 is 4.74 Å². The third-order valence-electron chi connectivity index (χ3n) is 5.10. The highest BCUT2D eigenvalue weighted by molar-refractivity contribution is 5.90. The van der Waals surface area contributed by atoms with Crippen molar-refractivity contribution in [2.45, 2.75) is 30.7 Å². The Morgan fingerprint density at radius 1 is 1.03 bits per heavy atom. The van der Waals surface area contributed by atoms with E-state index in [4.69, 9.17) is 9.47 Å². The molecule has 1 aliphatic rings. The predicted octanol–water partition coefficient (Wildman–Crippen LogP) is 0.622. The molecule has 8 heteroatoms. The highest BCUT2D eigenvalue weighted by Crippen LogP contribution is 2.34. The number of carbonyl (C=O) groups excluding carboxylic acids is 1. The van der Waals surface area contributed by atoms with Gasteiger partial charge in [-0.05, 0) is 24.3 Å². The maximum absolute atomic E-state index is 11.5. The Balaban J connectivity index is 1.75. The molecule has 5 atom stereocenters. The van der Waals surface area contributed by atoms with Crippen LogP contribution in [0, 0.1) is 0 Å². The topological polar surface area (TPSA) is 121 Å². The number of hydrogen-bond acceptors (Lipinski definition) is 7. The molecular weight excluding hydrogens is 378 g/mol. The normalized spacial score (nSPS) is 27.1. The van der Waals surface area contributed by atoms with Gasteiger partial charge in [-0.1, -0.05) is 24.3 Å². The van der Waals surface area contributed by atoms with Crippen molar-refractivity contribution < 1.29 is 34.7 Å². The Bertz CT molecular complexity index is 1020. The van der Waals surface area contributed by atoms with Gasteiger partial charge in [0.2, 0.25) is 0 Å². The molecule has 2 aromatic carbocycles. The van der Waals surface area contributed by atoms with Crippen molar-refractivity contribution >= 4 is 17.2 Å². The molecule has 1 aliphatic heterocycles. The first-order chi connectivity index (χ1) is 14.0. The number of aromatic nitrogens is 1. The lowest BCUT2D eigenvalue weighted by atomic mass is 9.99. The summed E-state index contributed by atoms with van der Waals surface area (Å²) in [4.78, 5) is 11.5. The summed E-state index contributed by atoms with van der Waals surface area (Å²) in [5, 5.41) is 40.6. The number of aliphatic hydroxyl groups is 4. The van der Waals surface area contributed by atoms with Crippen molar-refractivity contribution in [2.24, 2.45) is 0 Å². The Morgan fingerprint density at radius 3 is 2.52 bits per heavy atom. The number of benzene rings is 2. The van der Waals surface area contributed by atoms with Crippen molar-refractivity contribution in [3.05, 3.63) is 60.3 Å². The van der Waals surface area contributed by atoms with Crippen molar-refractivity contribution in [1.29, 1.82) is 0 Å². The van der Waals surface area contributed by atoms with Crippen LogP contribution in [0.2, 0.25) is 0 Å². The van der Waals surface area contributed by atoms with Crippen molar-refractivity contribution in [1.82, 2.24) is 4.57 Å². The van der Waals surface area contributed by atoms with Gasteiger partial charge in [0.05, 0.1) is 24.0 Å². The second-order valence-corrected chi connectivity index (χ2v) is 6.87. The number of nitrogens with zero attached hydrogens (tertiary/aromatic N) is 1. The molecule has 0 unspecified atom stereocenters. The van der Waals surface area contributed by atoms with Gasteiger partial charge in [0.15, 0.2) is 18.7 Å². The molecule has 29 heavy (non-hydrogen) atoms. The summed E-state index contributed by atoms with van der Waals surface area (Å²) in [5.74, 6) is 0.336. The number of aldehydes is 1. The third-order valence-corrected chi connectivity index (χ3v) is 5.10. The molecule has 4 rings (SSSR count). The monoisotopic (exact) mass is 399 g/mol. The molecule has 8 nitrogen and oxygen atoms in total. The quantitative estimate of drug-likeness (QED) is 0.464. The first-order valence-electron chi connectivity index (χ1n) is 9.17. The molecule has 0 aliphatic carbocycles. The Hall–Kier alpha value is -2.75. The summed E-state index contributed by atoms with van der Waals surface area (Å²) in [6, 6.07) is 14.4.